The van der Waals surface area contributed by atoms with Gasteiger partial charge in [0.25, 0.3) is 11.8 Å². The average molecular weight is 696 g/mol. The number of halogens is 1. The van der Waals surface area contributed by atoms with Gasteiger partial charge in [-0.05, 0) is 80.9 Å². The minimum absolute atomic E-state index is 0.0432. The summed E-state index contributed by atoms with van der Waals surface area (Å²) in [4.78, 5) is 58.1. The van der Waals surface area contributed by atoms with E-state index in [1.165, 1.54) is 18.3 Å². The molecule has 264 valence electrons. The van der Waals surface area contributed by atoms with Gasteiger partial charge in [0.1, 0.15) is 28.5 Å². The van der Waals surface area contributed by atoms with E-state index in [1.807, 2.05) is 20.9 Å². The first-order valence-electron chi connectivity index (χ1n) is 16.9. The zero-order valence-electron chi connectivity index (χ0n) is 28.7. The van der Waals surface area contributed by atoms with Crippen LogP contribution in [0, 0.1) is 17.7 Å². The number of carbonyl (C=O) groups is 4. The van der Waals surface area contributed by atoms with Gasteiger partial charge in [-0.25, -0.2) is 4.39 Å². The Morgan fingerprint density at radius 1 is 0.959 bits per heavy atom. The third-order valence-corrected chi connectivity index (χ3v) is 10.4. The van der Waals surface area contributed by atoms with Crippen LogP contribution in [-0.2, 0) is 9.59 Å². The van der Waals surface area contributed by atoms with Crippen molar-refractivity contribution in [2.75, 3.05) is 38.5 Å². The van der Waals surface area contributed by atoms with Gasteiger partial charge in [-0.3, -0.25) is 23.9 Å². The summed E-state index contributed by atoms with van der Waals surface area (Å²) in [6.07, 6.45) is 6.26. The molecule has 1 saturated heterocycles. The minimum Gasteiger partial charge on any atom is -0.339 e. The quantitative estimate of drug-likeness (QED) is 0.275. The van der Waals surface area contributed by atoms with E-state index < -0.39 is 41.5 Å². The lowest BCUT2D eigenvalue weighted by atomic mass is 9.79. The molecule has 0 radical (unpaired) electrons. The molecule has 1 aromatic carbocycles. The molecule has 4 amide bonds. The van der Waals surface area contributed by atoms with Gasteiger partial charge in [-0.15, -0.1) is 5.10 Å². The van der Waals surface area contributed by atoms with Crippen molar-refractivity contribution >= 4 is 40.8 Å². The second-order valence-corrected chi connectivity index (χ2v) is 14.4. The number of carbonyl (C=O) groups excluding carboxylic acids is 4. The summed E-state index contributed by atoms with van der Waals surface area (Å²) in [5.41, 5.74) is 0.776. The fourth-order valence-electron chi connectivity index (χ4n) is 6.56. The summed E-state index contributed by atoms with van der Waals surface area (Å²) >= 11 is 0.920. The van der Waals surface area contributed by atoms with Crippen LogP contribution in [0.15, 0.2) is 36.7 Å². The second kappa shape index (κ2) is 16.0. The molecule has 1 saturated carbocycles. The Balaban J connectivity index is 1.34. The number of aromatic nitrogens is 4. The summed E-state index contributed by atoms with van der Waals surface area (Å²) in [7, 11) is 1.98. The first-order valence-corrected chi connectivity index (χ1v) is 17.7. The van der Waals surface area contributed by atoms with Crippen LogP contribution in [0.2, 0.25) is 0 Å². The molecule has 2 aliphatic rings. The molecule has 2 aromatic heterocycles. The Morgan fingerprint density at radius 2 is 1.67 bits per heavy atom. The van der Waals surface area contributed by atoms with E-state index in [0.717, 1.165) is 37.2 Å². The van der Waals surface area contributed by atoms with Crippen molar-refractivity contribution < 1.29 is 23.6 Å². The van der Waals surface area contributed by atoms with Gasteiger partial charge in [-0.1, -0.05) is 37.2 Å². The molecular weight excluding hydrogens is 649 g/mol. The topological polar surface area (TPSA) is 154 Å². The maximum Gasteiger partial charge on any atom is 0.270 e. The van der Waals surface area contributed by atoms with Crippen molar-refractivity contribution in [3.8, 4) is 0 Å². The van der Waals surface area contributed by atoms with Crippen molar-refractivity contribution in [2.45, 2.75) is 77.4 Å². The number of hydrogen-bond donors (Lipinski definition) is 3. The minimum atomic E-state index is -0.981. The molecule has 49 heavy (non-hydrogen) atoms. The van der Waals surface area contributed by atoms with Gasteiger partial charge >= 0.3 is 0 Å². The molecule has 3 N–H and O–H groups in total. The largest absolute Gasteiger partial charge is 0.339 e. The molecule has 3 heterocycles. The molecule has 3 aromatic rings. The third kappa shape index (κ3) is 8.68. The van der Waals surface area contributed by atoms with Crippen LogP contribution in [0.1, 0.15) is 91.1 Å². The van der Waals surface area contributed by atoms with Gasteiger partial charge in [-0.2, -0.15) is 5.10 Å². The summed E-state index contributed by atoms with van der Waals surface area (Å²) in [5, 5.41) is 16.5. The van der Waals surface area contributed by atoms with Crippen LogP contribution in [0.5, 0.6) is 0 Å². The van der Waals surface area contributed by atoms with E-state index in [2.05, 4.69) is 42.5 Å². The Morgan fingerprint density at radius 3 is 2.31 bits per heavy atom. The normalized spacial score (nSPS) is 20.3. The molecule has 1 aliphatic carbocycles. The maximum atomic E-state index is 15.8. The van der Waals surface area contributed by atoms with E-state index in [9.17, 15) is 19.2 Å². The molecule has 3 atom stereocenters. The van der Waals surface area contributed by atoms with Gasteiger partial charge in [0.2, 0.25) is 11.8 Å². The van der Waals surface area contributed by atoms with Crippen molar-refractivity contribution in [3.63, 3.8) is 0 Å². The molecule has 0 unspecified atom stereocenters. The monoisotopic (exact) mass is 695 g/mol. The summed E-state index contributed by atoms with van der Waals surface area (Å²) in [5.74, 6) is -2.56. The molecule has 5 rings (SSSR count). The standard InChI is InChI=1S/C34H46FN9O4S/c1-20(2)44-27(12-13-37-44)31(45)40-30(23-8-6-21(3)7-9-23)33(47)38-26-11-10-24(18-25(26)35)22(4)29(39-32(46)28-19-36-41-49-28)34(48)43-16-14-42(5)15-17-43/h10-13,18-23,29-30H,6-9,14-17H2,1-5H3,(H,38,47)(H,39,46)(H,40,45)/t21-,22-,23-,29+,30-/m0/s1. The van der Waals surface area contributed by atoms with Crippen molar-refractivity contribution in [2.24, 2.45) is 11.8 Å². The predicted molar refractivity (Wildman–Crippen MR) is 184 cm³/mol. The van der Waals surface area contributed by atoms with Crippen molar-refractivity contribution in [1.82, 2.24) is 39.8 Å². The Hall–Kier alpha value is -4.24. The lowest BCUT2D eigenvalue weighted by Gasteiger charge is -2.36. The second-order valence-electron chi connectivity index (χ2n) is 13.6. The summed E-state index contributed by atoms with van der Waals surface area (Å²) in [6.45, 7) is 10.2. The Kier molecular flexibility index (Phi) is 11.8. The number of nitrogens with zero attached hydrogens (tertiary/aromatic N) is 6. The number of amides is 4. The maximum absolute atomic E-state index is 15.8. The third-order valence-electron chi connectivity index (χ3n) is 9.72. The van der Waals surface area contributed by atoms with E-state index in [0.29, 0.717) is 43.4 Å². The number of likely N-dealkylation sites (N-methyl/N-ethyl adjacent to an activating group) is 1. The highest BCUT2D eigenvalue weighted by Crippen LogP contribution is 2.32. The van der Waals surface area contributed by atoms with Crippen LogP contribution in [-0.4, -0.2) is 98.1 Å². The number of rotatable bonds is 11. The fourth-order valence-corrected chi connectivity index (χ4v) is 6.98. The molecule has 0 spiro atoms. The van der Waals surface area contributed by atoms with Crippen LogP contribution in [0.4, 0.5) is 10.1 Å². The number of nitrogens with one attached hydrogen (secondary N) is 3. The lowest BCUT2D eigenvalue weighted by Crippen LogP contribution is -2.55. The van der Waals surface area contributed by atoms with Crippen molar-refractivity contribution in [1.29, 1.82) is 0 Å². The molecule has 13 nitrogen and oxygen atoms in total. The Labute approximate surface area is 290 Å². The molecule has 15 heteroatoms. The molecule has 2 fully saturated rings. The van der Waals surface area contributed by atoms with Gasteiger partial charge in [0, 0.05) is 44.3 Å². The van der Waals surface area contributed by atoms with Gasteiger partial charge in [0.15, 0.2) is 0 Å². The number of piperazine rings is 1. The van der Waals surface area contributed by atoms with Gasteiger partial charge in [0.05, 0.1) is 11.9 Å². The first-order chi connectivity index (χ1) is 23.4. The SMILES string of the molecule is CC(C)n1nccc1C(=O)N[C@H](C(=O)Nc1ccc([C@H](C)[C@@H](NC(=O)c2cnns2)C(=O)N2CCN(C)CC2)cc1F)[C@H]1CC[C@H](C)CC1. The highest BCUT2D eigenvalue weighted by atomic mass is 32.1. The van der Waals surface area contributed by atoms with E-state index in [1.54, 1.807) is 34.8 Å². The van der Waals surface area contributed by atoms with Crippen LogP contribution < -0.4 is 16.0 Å². The fraction of sp³-hybridized carbons (Fsp3) is 0.559. The number of benzene rings is 1. The van der Waals surface area contributed by atoms with E-state index in [4.69, 9.17) is 0 Å². The molecule has 0 bridgehead atoms. The van der Waals surface area contributed by atoms with E-state index >= 15 is 4.39 Å². The smallest absolute Gasteiger partial charge is 0.270 e. The van der Waals surface area contributed by atoms with Gasteiger partial charge < -0.3 is 25.8 Å². The summed E-state index contributed by atoms with van der Waals surface area (Å²) < 4.78 is 21.1. The highest BCUT2D eigenvalue weighted by molar-refractivity contribution is 7.07. The average Bonchev–Trinajstić information content (AvgIpc) is 3.81. The van der Waals surface area contributed by atoms with E-state index in [-0.39, 0.29) is 28.4 Å². The Bertz CT molecular complexity index is 1610. The molecule has 1 aliphatic heterocycles. The number of anilines is 1. The summed E-state index contributed by atoms with van der Waals surface area (Å²) in [6, 6.07) is 4.09. The first kappa shape index (κ1) is 36.1. The predicted octanol–water partition coefficient (Wildman–Crippen LogP) is 3.69. The van der Waals surface area contributed by atoms with Crippen LogP contribution in [0.25, 0.3) is 0 Å². The lowest BCUT2D eigenvalue weighted by molar-refractivity contribution is -0.135. The zero-order chi connectivity index (χ0) is 35.2. The van der Waals surface area contributed by atoms with Crippen LogP contribution in [0.3, 0.4) is 0 Å². The highest BCUT2D eigenvalue weighted by Gasteiger charge is 2.36. The molecular formula is C34H46FN9O4S. The van der Waals surface area contributed by atoms with Crippen molar-refractivity contribution in [3.05, 3.63) is 58.6 Å². The zero-order valence-corrected chi connectivity index (χ0v) is 29.5. The number of hydrogen-bond acceptors (Lipinski definition) is 9. The van der Waals surface area contributed by atoms with Crippen LogP contribution >= 0.6 is 11.5 Å².